The minimum Gasteiger partial charge on any atom is -0.389 e. The maximum Gasteiger partial charge on any atom is 0.251 e. The van der Waals surface area contributed by atoms with Crippen LogP contribution in [0.5, 0.6) is 0 Å². The predicted molar refractivity (Wildman–Crippen MR) is 164 cm³/mol. The zero-order valence-corrected chi connectivity index (χ0v) is 26.2. The number of hydrogen-bond acceptors (Lipinski definition) is 7. The molecule has 3 unspecified atom stereocenters. The first-order chi connectivity index (χ1) is 21.5. The number of carbonyl (C=O) groups excluding carboxylic acids is 3. The number of aromatic nitrogens is 1. The first-order valence-corrected chi connectivity index (χ1v) is 16.2. The van der Waals surface area contributed by atoms with Crippen LogP contribution >= 0.6 is 11.6 Å². The minimum atomic E-state index is -1.30. The summed E-state index contributed by atoms with van der Waals surface area (Å²) in [4.78, 5) is 47.1. The summed E-state index contributed by atoms with van der Waals surface area (Å²) in [7, 11) is 0. The standard InChI is InChI=1S/C33H39ClFN5O5/c1-31(2)10-12-32(13-11-31)33(21-5-3-4-6-22(21)38-30(33)44)24(20-9-14-36-27(34)25(20)35)26(39-32)28(42)37-18-7-8-23(45-17-18)29(43)40-15-19(41)16-40/h3-6,9,14,18-19,23-24,26,39,41H,7-8,10-13,15-17H2,1-2H3,(H,37,42)(H,38,44)/t18-,23+,24?,26?,33?/m1/s1. The number of benzene rings is 1. The number of halogens is 2. The third kappa shape index (κ3) is 4.77. The summed E-state index contributed by atoms with van der Waals surface area (Å²) in [5, 5.41) is 19.1. The molecule has 0 radical (unpaired) electrons. The molecule has 3 saturated heterocycles. The summed E-state index contributed by atoms with van der Waals surface area (Å²) in [6.07, 6.45) is 4.10. The molecule has 45 heavy (non-hydrogen) atoms. The minimum absolute atomic E-state index is 0.0470. The van der Waals surface area contributed by atoms with Gasteiger partial charge in [0.1, 0.15) is 11.5 Å². The lowest BCUT2D eigenvalue weighted by molar-refractivity contribution is -0.157. The smallest absolute Gasteiger partial charge is 0.251 e. The normalized spacial score (nSPS) is 31.8. The van der Waals surface area contributed by atoms with Gasteiger partial charge >= 0.3 is 0 Å². The maximum absolute atomic E-state index is 16.1. The van der Waals surface area contributed by atoms with Crippen LogP contribution in [-0.4, -0.2) is 82.2 Å². The molecule has 2 spiro atoms. The van der Waals surface area contributed by atoms with Crippen LogP contribution in [0.1, 0.15) is 69.4 Å². The van der Waals surface area contributed by atoms with E-state index in [0.717, 1.165) is 18.4 Å². The van der Waals surface area contributed by atoms with Gasteiger partial charge in [-0.2, -0.15) is 0 Å². The van der Waals surface area contributed by atoms with E-state index in [2.05, 4.69) is 34.8 Å². The highest BCUT2D eigenvalue weighted by Gasteiger charge is 2.73. The number of para-hydroxylation sites is 1. The van der Waals surface area contributed by atoms with Crippen LogP contribution in [0, 0.1) is 11.2 Å². The predicted octanol–water partition coefficient (Wildman–Crippen LogP) is 3.03. The van der Waals surface area contributed by atoms with Crippen LogP contribution in [0.4, 0.5) is 10.1 Å². The van der Waals surface area contributed by atoms with Crippen molar-refractivity contribution in [1.29, 1.82) is 0 Å². The molecule has 3 amide bonds. The Labute approximate surface area is 266 Å². The number of β-amino-alcohol motifs (C(OH)–C–C–N with tert-alkyl or cyclic N) is 1. The van der Waals surface area contributed by atoms with Gasteiger partial charge in [-0.15, -0.1) is 0 Å². The summed E-state index contributed by atoms with van der Waals surface area (Å²) < 4.78 is 21.9. The van der Waals surface area contributed by atoms with E-state index in [1.807, 2.05) is 24.3 Å². The van der Waals surface area contributed by atoms with Crippen LogP contribution in [0.15, 0.2) is 36.5 Å². The van der Waals surface area contributed by atoms with Crippen molar-refractivity contribution in [2.75, 3.05) is 25.0 Å². The summed E-state index contributed by atoms with van der Waals surface area (Å²) >= 11 is 6.24. The van der Waals surface area contributed by atoms with Gasteiger partial charge in [-0.25, -0.2) is 9.37 Å². The summed E-state index contributed by atoms with van der Waals surface area (Å²) in [5.74, 6) is -2.45. The quantitative estimate of drug-likeness (QED) is 0.378. The number of nitrogens with zero attached hydrogens (tertiary/aromatic N) is 2. The highest BCUT2D eigenvalue weighted by molar-refractivity contribution is 6.29. The summed E-state index contributed by atoms with van der Waals surface area (Å²) in [6.45, 7) is 5.17. The molecule has 0 bridgehead atoms. The van der Waals surface area contributed by atoms with Gasteiger partial charge in [0.15, 0.2) is 11.0 Å². The number of amides is 3. The van der Waals surface area contributed by atoms with Crippen molar-refractivity contribution < 1.29 is 28.6 Å². The fourth-order valence-corrected chi connectivity index (χ4v) is 8.66. The Balaban J connectivity index is 1.25. The fraction of sp³-hybridized carbons (Fsp3) is 0.576. The monoisotopic (exact) mass is 639 g/mol. The van der Waals surface area contributed by atoms with Crippen molar-refractivity contribution >= 4 is 35.0 Å². The summed E-state index contributed by atoms with van der Waals surface area (Å²) in [5.41, 5.74) is -0.518. The van der Waals surface area contributed by atoms with E-state index >= 15 is 4.39 Å². The van der Waals surface area contributed by atoms with E-state index in [-0.39, 0.29) is 46.5 Å². The fourth-order valence-electron chi connectivity index (χ4n) is 8.49. The van der Waals surface area contributed by atoms with E-state index in [9.17, 15) is 19.5 Å². The van der Waals surface area contributed by atoms with Crippen molar-refractivity contribution in [3.8, 4) is 0 Å². The molecule has 1 aliphatic carbocycles. The van der Waals surface area contributed by atoms with Crippen molar-refractivity contribution in [2.45, 2.75) is 93.5 Å². The summed E-state index contributed by atoms with van der Waals surface area (Å²) in [6, 6.07) is 7.67. The van der Waals surface area contributed by atoms with Crippen molar-refractivity contribution in [3.05, 3.63) is 58.6 Å². The molecule has 1 saturated carbocycles. The number of ether oxygens (including phenoxy) is 1. The van der Waals surface area contributed by atoms with Gasteiger partial charge in [-0.1, -0.05) is 43.6 Å². The first kappa shape index (κ1) is 30.5. The third-order valence-electron chi connectivity index (χ3n) is 11.0. The molecule has 4 N–H and O–H groups in total. The number of carbonyl (C=O) groups is 3. The lowest BCUT2D eigenvalue weighted by Crippen LogP contribution is -2.61. The van der Waals surface area contributed by atoms with Gasteiger partial charge in [0.2, 0.25) is 11.8 Å². The molecular weight excluding hydrogens is 601 g/mol. The number of fused-ring (bicyclic) bond motifs is 3. The number of nitrogens with one attached hydrogen (secondary N) is 3. The average Bonchev–Trinajstić information content (AvgIpc) is 3.47. The molecule has 4 fully saturated rings. The molecule has 5 heterocycles. The Hall–Kier alpha value is -3.12. The number of pyridine rings is 1. The Morgan fingerprint density at radius 1 is 1.13 bits per heavy atom. The van der Waals surface area contributed by atoms with E-state index in [1.165, 1.54) is 12.3 Å². The van der Waals surface area contributed by atoms with E-state index < -0.39 is 40.9 Å². The largest absolute Gasteiger partial charge is 0.389 e. The van der Waals surface area contributed by atoms with Crippen LogP contribution in [-0.2, 0) is 24.5 Å². The van der Waals surface area contributed by atoms with E-state index in [0.29, 0.717) is 44.5 Å². The zero-order chi connectivity index (χ0) is 31.7. The maximum atomic E-state index is 16.1. The highest BCUT2D eigenvalue weighted by Crippen LogP contribution is 2.63. The molecule has 1 aromatic heterocycles. The highest BCUT2D eigenvalue weighted by atomic mass is 35.5. The second kappa shape index (κ2) is 11.0. The first-order valence-electron chi connectivity index (χ1n) is 15.8. The number of rotatable bonds is 4. The SMILES string of the molecule is CC1(C)CCC2(CC1)NC(C(=O)N[C@@H]1CC[C@@H](C(=O)N3CC(O)C3)OC1)C(c1ccnc(Cl)c1F)C21C(=O)Nc2ccccc21. The topological polar surface area (TPSA) is 133 Å². The lowest BCUT2D eigenvalue weighted by Gasteiger charge is -2.50. The van der Waals surface area contributed by atoms with Crippen LogP contribution < -0.4 is 16.0 Å². The molecular formula is C33H39ClFN5O5. The van der Waals surface area contributed by atoms with Crippen molar-refractivity contribution in [1.82, 2.24) is 20.5 Å². The van der Waals surface area contributed by atoms with E-state index in [1.54, 1.807) is 4.90 Å². The number of anilines is 1. The number of likely N-dealkylation sites (tertiary alicyclic amines) is 1. The Bertz CT molecular complexity index is 1530. The number of aliphatic hydroxyl groups is 1. The molecule has 240 valence electrons. The molecule has 5 aliphatic rings. The molecule has 12 heteroatoms. The molecule has 7 rings (SSSR count). The second-order valence-corrected chi connectivity index (χ2v) is 14.5. The number of hydrogen-bond donors (Lipinski definition) is 4. The Morgan fingerprint density at radius 2 is 1.87 bits per heavy atom. The molecule has 5 atom stereocenters. The molecule has 1 aromatic carbocycles. The second-order valence-electron chi connectivity index (χ2n) is 14.2. The van der Waals surface area contributed by atoms with Crippen molar-refractivity contribution in [2.24, 2.45) is 5.41 Å². The Morgan fingerprint density at radius 3 is 2.56 bits per heavy atom. The molecule has 10 nitrogen and oxygen atoms in total. The average molecular weight is 640 g/mol. The van der Waals surface area contributed by atoms with Crippen molar-refractivity contribution in [3.63, 3.8) is 0 Å². The lowest BCUT2D eigenvalue weighted by atomic mass is 9.53. The van der Waals surface area contributed by atoms with E-state index in [4.69, 9.17) is 16.3 Å². The third-order valence-corrected chi connectivity index (χ3v) is 11.2. The molecule has 4 aliphatic heterocycles. The van der Waals surface area contributed by atoms with Crippen LogP contribution in [0.25, 0.3) is 0 Å². The zero-order valence-electron chi connectivity index (χ0n) is 25.4. The van der Waals surface area contributed by atoms with Gasteiger partial charge in [0.05, 0.1) is 24.8 Å². The van der Waals surface area contributed by atoms with Gasteiger partial charge in [-0.05, 0) is 67.2 Å². The van der Waals surface area contributed by atoms with Gasteiger partial charge in [0.25, 0.3) is 5.91 Å². The van der Waals surface area contributed by atoms with Crippen LogP contribution in [0.3, 0.4) is 0 Å². The van der Waals surface area contributed by atoms with Gasteiger partial charge in [-0.3, -0.25) is 19.7 Å². The molecule has 2 aromatic rings. The van der Waals surface area contributed by atoms with Crippen LogP contribution in [0.2, 0.25) is 5.15 Å². The number of aliphatic hydroxyl groups excluding tert-OH is 1. The van der Waals surface area contributed by atoms with Gasteiger partial charge < -0.3 is 25.4 Å². The van der Waals surface area contributed by atoms with Gasteiger partial charge in [0, 0.05) is 36.4 Å². The Kier molecular flexibility index (Phi) is 7.46.